The summed E-state index contributed by atoms with van der Waals surface area (Å²) in [5, 5.41) is 76.2. The van der Waals surface area contributed by atoms with Gasteiger partial charge >= 0.3 is 6.03 Å². The summed E-state index contributed by atoms with van der Waals surface area (Å²) in [6.07, 6.45) is -37.8. The predicted octanol–water partition coefficient (Wildman–Crippen LogP) is -7.93. The lowest BCUT2D eigenvalue weighted by molar-refractivity contribution is -0.778. The lowest BCUT2D eigenvalue weighted by Gasteiger charge is -2.51. The van der Waals surface area contributed by atoms with Crippen LogP contribution in [0.3, 0.4) is 0 Å². The van der Waals surface area contributed by atoms with Gasteiger partial charge in [0, 0.05) is 59.5 Å². The Labute approximate surface area is 549 Å². The number of urea groups is 1. The van der Waals surface area contributed by atoms with Crippen LogP contribution in [0.2, 0.25) is 0 Å². The van der Waals surface area contributed by atoms with E-state index in [-0.39, 0.29) is 61.0 Å². The molecule has 11 unspecified atom stereocenters. The van der Waals surface area contributed by atoms with Crippen molar-refractivity contribution in [2.75, 3.05) is 67.7 Å². The topological polar surface area (TPSA) is 604 Å². The Bertz CT molecular complexity index is 2570. The number of aliphatic hydroxyl groups excluding tert-OH is 1. The number of amides is 3. The molecular weight excluding hydrogens is 1450 g/mol. The van der Waals surface area contributed by atoms with Gasteiger partial charge < -0.3 is 113 Å². The van der Waals surface area contributed by atoms with E-state index in [4.69, 9.17) is 77.8 Å². The minimum absolute atomic E-state index is 0.0440. The molecule has 46 nitrogen and oxygen atoms in total. The maximum atomic E-state index is 13.8. The fourth-order valence-electron chi connectivity index (χ4n) is 10.4. The first-order valence-corrected chi connectivity index (χ1v) is 33.9. The number of thioether (sulfide) groups is 1. The Kier molecular flexibility index (Phi) is 34.6. The Hall–Kier alpha value is -1.06. The van der Waals surface area contributed by atoms with Crippen LogP contribution in [0.15, 0.2) is 0 Å². The van der Waals surface area contributed by atoms with Crippen molar-refractivity contribution < 1.29 is 198 Å². The van der Waals surface area contributed by atoms with Crippen molar-refractivity contribution in [3.63, 3.8) is 0 Å². The Balaban J connectivity index is 1.43. The highest BCUT2D eigenvalue weighted by Crippen LogP contribution is 2.42. The van der Waals surface area contributed by atoms with Gasteiger partial charge in [-0.1, -0.05) is 6.42 Å². The molecule has 544 valence electrons. The summed E-state index contributed by atoms with van der Waals surface area (Å²) in [5.74, 6) is 0.0791. The molecule has 23 atom stereocenters. The number of unbranched alkanes of at least 4 members (excludes halogenated alkanes) is 1. The molecule has 3 amide bonds. The first-order valence-electron chi connectivity index (χ1n) is 26.2. The maximum Gasteiger partial charge on any atom is 0.315 e. The van der Waals surface area contributed by atoms with Crippen molar-refractivity contribution in [2.45, 2.75) is 166 Å². The van der Waals surface area contributed by atoms with E-state index in [0.29, 0.717) is 25.0 Å². The number of ether oxygens (including phenoxy) is 12. The Morgan fingerprint density at radius 2 is 1.01 bits per heavy atom. The highest BCUT2D eigenvalue weighted by atomic mass is 32.3. The molecule has 0 spiro atoms. The van der Waals surface area contributed by atoms with Crippen molar-refractivity contribution in [3.8, 4) is 0 Å². The molecule has 6 aliphatic rings. The predicted molar refractivity (Wildman–Crippen MR) is 278 cm³/mol. The normalized spacial score (nSPS) is 35.9. The first kappa shape index (κ1) is 80.9. The molecule has 6 heterocycles. The zero-order valence-corrected chi connectivity index (χ0v) is 54.5. The van der Waals surface area contributed by atoms with E-state index in [2.05, 4.69) is 61.8 Å². The number of carbonyl (C=O) groups is 2. The highest BCUT2D eigenvalue weighted by molar-refractivity contribution is 8.00. The lowest BCUT2D eigenvalue weighted by atomic mass is 9.95. The fourth-order valence-corrected chi connectivity index (χ4v) is 14.5. The van der Waals surface area contributed by atoms with Crippen LogP contribution < -0.4 is 37.0 Å². The second-order valence-corrected chi connectivity index (χ2v) is 25.6. The molecule has 6 rings (SSSR count). The van der Waals surface area contributed by atoms with Gasteiger partial charge in [-0.15, -0.1) is 17.3 Å². The van der Waals surface area contributed by atoms with Crippen LogP contribution in [0.5, 0.6) is 0 Å². The molecule has 0 aliphatic carbocycles. The van der Waals surface area contributed by atoms with Gasteiger partial charge in [0.15, 0.2) is 86.7 Å². The van der Waals surface area contributed by atoms with E-state index in [1.165, 1.54) is 21.3 Å². The second kappa shape index (κ2) is 39.8. The van der Waals surface area contributed by atoms with Gasteiger partial charge in [-0.2, -0.15) is 11.8 Å². The second-order valence-electron chi connectivity index (χ2n) is 19.3. The van der Waals surface area contributed by atoms with Crippen molar-refractivity contribution in [3.05, 3.63) is 0 Å². The van der Waals surface area contributed by atoms with E-state index < -0.39 is 204 Å². The average Bonchev–Trinajstić information content (AvgIpc) is 1.52. The third kappa shape index (κ3) is 24.3. The van der Waals surface area contributed by atoms with Crippen molar-refractivity contribution in [2.24, 2.45) is 0 Å². The molecule has 6 saturated heterocycles. The maximum absolute atomic E-state index is 13.8. The quantitative estimate of drug-likeness (QED) is 0.00838. The molecule has 6 fully saturated rings. The van der Waals surface area contributed by atoms with E-state index in [1.54, 1.807) is 11.8 Å². The Morgan fingerprint density at radius 3 is 1.53 bits per heavy atom. The third-order valence-corrected chi connectivity index (χ3v) is 18.5. The molecule has 54 heteroatoms. The van der Waals surface area contributed by atoms with Gasteiger partial charge in [-0.25, -0.2) is 30.0 Å². The number of carbonyl (C=O) groups excluding carboxylic acids is 2. The zero-order chi connectivity index (χ0) is 68.0. The summed E-state index contributed by atoms with van der Waals surface area (Å²) in [6, 6.07) is -0.475. The van der Waals surface area contributed by atoms with Gasteiger partial charge in [0.05, 0.1) is 31.9 Å². The van der Waals surface area contributed by atoms with Crippen molar-refractivity contribution in [1.29, 1.82) is 0 Å². The number of aliphatic hydroxyl groups is 1. The van der Waals surface area contributed by atoms with E-state index in [9.17, 15) is 74.6 Å². The van der Waals surface area contributed by atoms with Crippen LogP contribution in [0.25, 0.3) is 0 Å². The van der Waals surface area contributed by atoms with Gasteiger partial charge in [-0.05, 0) is 12.8 Å². The average molecular weight is 1520 g/mol. The van der Waals surface area contributed by atoms with Crippen LogP contribution >= 0.6 is 61.1 Å². The van der Waals surface area contributed by atoms with Crippen molar-refractivity contribution >= 4 is 104 Å². The minimum Gasteiger partial charge on any atom is -0.726 e. The van der Waals surface area contributed by atoms with Gasteiger partial charge in [0.2, 0.25) is 37.1 Å². The molecule has 4 N–H and O–H groups in total. The molecule has 0 bridgehead atoms. The van der Waals surface area contributed by atoms with E-state index >= 15 is 0 Å². The number of hydrogen-bond donors (Lipinski definition) is 4. The number of rotatable bonds is 43. The summed E-state index contributed by atoms with van der Waals surface area (Å²) in [4.78, 5) is 25.8. The highest BCUT2D eigenvalue weighted by Gasteiger charge is 2.60. The minimum atomic E-state index is -6.19. The number of methoxy groups -OCH3 is 5. The zero-order valence-electron chi connectivity index (χ0n) is 48.0. The molecule has 0 aromatic heterocycles. The van der Waals surface area contributed by atoms with Gasteiger partial charge in [0.1, 0.15) is 85.5 Å². The first-order chi connectivity index (χ1) is 44.4. The smallest absolute Gasteiger partial charge is 0.315 e. The summed E-state index contributed by atoms with van der Waals surface area (Å²) < 4.78 is 234. The van der Waals surface area contributed by atoms with Crippen LogP contribution in [-0.4, -0.2) is 264 Å². The standard InChI is InChI=1S/C39H67N3O43S8/c1-59-11-17-24(27(60-2)31(62-4)35(44)66-17)71-36-32(63-5)28(61-3)23(16(67-36)10-40-21(43)9-7-6-8-20-22-15(14-86-20)41-39(45)42-22)70-38-34(77-93(56,57)58)29(74-88-83-79-47)25(18(68-38)12-64-91(50,51)52)72-37-33(76-90-85-81-49)30(75-89-84-80-48)26(73-87-82-78-46)19(69-37)13-65-92(53,54)55/h15-20,22-38,44,46-49H,6-14H2,1-5H3,(H,40,43)(H2,41,42,45)(H,50,51,52)(H,53,54,55)(H,56,57,58)/p-7/t15?,16?,17?,18-,19-,20?,22?,23+,24+,25+,26+,27-,28-,29?,30?,31?,32?,33?,34?,35+,36-,37+,38-/m0/s1. The monoisotopic (exact) mass is 1510 g/mol. The summed E-state index contributed by atoms with van der Waals surface area (Å²) >= 11 is -0.0240. The molecule has 93 heavy (non-hydrogen) atoms. The molecule has 6 aliphatic heterocycles. The van der Waals surface area contributed by atoms with Gasteiger partial charge in [0.25, 0.3) is 0 Å². The number of fused-ring (bicyclic) bond motifs is 1. The van der Waals surface area contributed by atoms with E-state index in [1.807, 2.05) is 0 Å². The van der Waals surface area contributed by atoms with Crippen LogP contribution in [0.1, 0.15) is 25.7 Å². The SMILES string of the molecule is COCC1O[C@@H](O)C(OC)[C@@H](OC)[C@@H]1O[C@@H]1OC(CNC(=O)CCCCC2SCC3NC(=O)NC32)[C@@H](O[C@@H]2O[C@@H](COS(=O)(=O)[O-])[C@@H](O[C@H]3O[C@@H](COS(=O)(=O)[O-])[C@@H](OSOO[O-])C(OSOO[O-])C3OSOO[O-])C(OSOO[O-])C2OS(=O)(=O)[O-])[C@H](OC)C1OC. The summed E-state index contributed by atoms with van der Waals surface area (Å²) in [5.41, 5.74) is 0. The molecule has 0 aromatic carbocycles. The third-order valence-electron chi connectivity index (χ3n) is 14.1. The van der Waals surface area contributed by atoms with Crippen LogP contribution in [0.4, 0.5) is 4.79 Å². The van der Waals surface area contributed by atoms with Crippen LogP contribution in [0, 0.1) is 0 Å². The van der Waals surface area contributed by atoms with Crippen LogP contribution in [-0.2, 0) is 160 Å². The van der Waals surface area contributed by atoms with Crippen molar-refractivity contribution in [1.82, 2.24) is 16.0 Å². The Morgan fingerprint density at radius 1 is 0.559 bits per heavy atom. The lowest BCUT2D eigenvalue weighted by Crippen LogP contribution is -2.69. The molecule has 0 saturated carbocycles. The fraction of sp³-hybridized carbons (Fsp3) is 0.949. The largest absolute Gasteiger partial charge is 0.726 e. The van der Waals surface area contributed by atoms with E-state index in [0.717, 1.165) is 14.2 Å². The summed E-state index contributed by atoms with van der Waals surface area (Å²) in [7, 11) is -11.8. The number of nitrogens with one attached hydrogen (secondary N) is 3. The molecule has 0 aromatic rings. The van der Waals surface area contributed by atoms with Gasteiger partial charge in [-0.3, -0.25) is 54.2 Å². The number of hydrogen-bond acceptors (Lipinski definition) is 48. The molecule has 0 radical (unpaired) electrons. The summed E-state index contributed by atoms with van der Waals surface area (Å²) in [6.45, 7) is -3.96. The molecular formula is C39H60N3O43S8-7.